The van der Waals surface area contributed by atoms with Crippen LogP contribution in [0.5, 0.6) is 5.75 Å². The van der Waals surface area contributed by atoms with Crippen LogP contribution < -0.4 is 4.74 Å². The van der Waals surface area contributed by atoms with Gasteiger partial charge in [0, 0.05) is 5.56 Å². The first kappa shape index (κ1) is 22.8. The van der Waals surface area contributed by atoms with E-state index in [0.717, 1.165) is 0 Å². The monoisotopic (exact) mass is 418 g/mol. The lowest BCUT2D eigenvalue weighted by molar-refractivity contribution is -0.144. The van der Waals surface area contributed by atoms with Crippen LogP contribution in [0.25, 0.3) is 0 Å². The summed E-state index contributed by atoms with van der Waals surface area (Å²) in [7, 11) is -4.21. The summed E-state index contributed by atoms with van der Waals surface area (Å²) in [6.07, 6.45) is 0.608. The number of hydrogen-bond donors (Lipinski definition) is 0. The Hall–Kier alpha value is -2.51. The lowest BCUT2D eigenvalue weighted by Crippen LogP contribution is -2.37. The molecule has 2 aromatic rings. The van der Waals surface area contributed by atoms with E-state index < -0.39 is 32.9 Å². The number of carbonyl (C=O) groups excluding carboxylic acids is 2. The predicted molar refractivity (Wildman–Crippen MR) is 109 cm³/mol. The van der Waals surface area contributed by atoms with Gasteiger partial charge in [0.15, 0.2) is 5.78 Å². The van der Waals surface area contributed by atoms with Crippen LogP contribution in [-0.2, 0) is 19.1 Å². The molecule has 6 nitrogen and oxygen atoms in total. The number of esters is 1. The molecule has 0 radical (unpaired) electrons. The first-order valence-electron chi connectivity index (χ1n) is 9.27. The normalized spacial score (nSPS) is 12.4. The second kappa shape index (κ2) is 8.47. The predicted octanol–water partition coefficient (Wildman–Crippen LogP) is 4.40. The van der Waals surface area contributed by atoms with Crippen molar-refractivity contribution in [3.63, 3.8) is 0 Å². The summed E-state index contributed by atoms with van der Waals surface area (Å²) >= 11 is 0. The van der Waals surface area contributed by atoms with Crippen molar-refractivity contribution < 1.29 is 26.9 Å². The first-order chi connectivity index (χ1) is 13.4. The van der Waals surface area contributed by atoms with Gasteiger partial charge in [-0.05, 0) is 58.4 Å². The van der Waals surface area contributed by atoms with Crippen molar-refractivity contribution in [1.82, 2.24) is 0 Å². The molecule has 0 aromatic heterocycles. The van der Waals surface area contributed by atoms with Crippen LogP contribution in [0, 0.1) is 5.41 Å². The van der Waals surface area contributed by atoms with E-state index in [-0.39, 0.29) is 10.6 Å². The fourth-order valence-electron chi connectivity index (χ4n) is 2.36. The van der Waals surface area contributed by atoms with Crippen LogP contribution >= 0.6 is 0 Å². The van der Waals surface area contributed by atoms with Crippen LogP contribution in [0.2, 0.25) is 0 Å². The topological polar surface area (TPSA) is 86.7 Å². The Labute approximate surface area is 172 Å². The van der Waals surface area contributed by atoms with Gasteiger partial charge in [-0.2, -0.15) is 8.42 Å². The van der Waals surface area contributed by atoms with Gasteiger partial charge in [0.1, 0.15) is 11.4 Å². The average Bonchev–Trinajstić information content (AvgIpc) is 2.67. The van der Waals surface area contributed by atoms with Crippen LogP contribution in [0.4, 0.5) is 0 Å². The van der Waals surface area contributed by atoms with Gasteiger partial charge in [0.2, 0.25) is 0 Å². The molecule has 0 fully saturated rings. The summed E-state index contributed by atoms with van der Waals surface area (Å²) in [5.41, 5.74) is -1.87. The fraction of sp³-hybridized carbons (Fsp3) is 0.364. The number of Topliss-reactive ketones (excluding diaryl/α,β-unsaturated/α-hetero) is 1. The van der Waals surface area contributed by atoms with Crippen LogP contribution in [0.3, 0.4) is 0 Å². The number of carbonyl (C=O) groups is 2. The van der Waals surface area contributed by atoms with Crippen LogP contribution in [0.1, 0.15) is 51.4 Å². The minimum Gasteiger partial charge on any atom is -0.426 e. The van der Waals surface area contributed by atoms with Crippen molar-refractivity contribution in [3.05, 3.63) is 60.2 Å². The number of ether oxygens (including phenoxy) is 1. The van der Waals surface area contributed by atoms with Crippen LogP contribution in [-0.4, -0.2) is 25.8 Å². The van der Waals surface area contributed by atoms with Crippen LogP contribution in [0.15, 0.2) is 59.5 Å². The van der Waals surface area contributed by atoms with Gasteiger partial charge in [-0.15, -0.1) is 0 Å². The Balaban J connectivity index is 2.17. The fourth-order valence-corrected chi connectivity index (χ4v) is 3.55. The highest BCUT2D eigenvalue weighted by Crippen LogP contribution is 2.27. The van der Waals surface area contributed by atoms with Gasteiger partial charge in [0.05, 0.1) is 10.3 Å². The number of hydrogen-bond acceptors (Lipinski definition) is 6. The summed E-state index contributed by atoms with van der Waals surface area (Å²) in [6.45, 7) is 8.24. The van der Waals surface area contributed by atoms with Crippen molar-refractivity contribution in [2.45, 2.75) is 51.5 Å². The third-order valence-electron chi connectivity index (χ3n) is 4.66. The van der Waals surface area contributed by atoms with E-state index in [1.165, 1.54) is 38.1 Å². The largest absolute Gasteiger partial charge is 0.426 e. The molecule has 0 saturated carbocycles. The van der Waals surface area contributed by atoms with Crippen molar-refractivity contribution in [1.29, 1.82) is 0 Å². The molecule has 0 spiro atoms. The molecule has 2 rings (SSSR count). The van der Waals surface area contributed by atoms with E-state index in [0.29, 0.717) is 12.0 Å². The van der Waals surface area contributed by atoms with Gasteiger partial charge >= 0.3 is 5.97 Å². The molecular weight excluding hydrogens is 392 g/mol. The molecular formula is C22H26O6S. The Kier molecular flexibility index (Phi) is 6.65. The Morgan fingerprint density at radius 2 is 1.45 bits per heavy atom. The lowest BCUT2D eigenvalue weighted by Gasteiger charge is -2.23. The molecule has 29 heavy (non-hydrogen) atoms. The molecule has 0 heterocycles. The summed E-state index contributed by atoms with van der Waals surface area (Å²) in [5, 5.41) is 0. The highest BCUT2D eigenvalue weighted by atomic mass is 32.2. The lowest BCUT2D eigenvalue weighted by atomic mass is 9.91. The van der Waals surface area contributed by atoms with E-state index in [4.69, 9.17) is 8.92 Å². The zero-order chi connectivity index (χ0) is 21.9. The maximum absolute atomic E-state index is 12.6. The van der Waals surface area contributed by atoms with Gasteiger partial charge in [-0.1, -0.05) is 37.3 Å². The van der Waals surface area contributed by atoms with E-state index in [1.807, 2.05) is 6.92 Å². The third kappa shape index (κ3) is 5.52. The highest BCUT2D eigenvalue weighted by Gasteiger charge is 2.36. The molecule has 0 atom stereocenters. The van der Waals surface area contributed by atoms with E-state index in [2.05, 4.69) is 0 Å². The number of rotatable bonds is 8. The first-order valence-corrected chi connectivity index (χ1v) is 10.7. The molecule has 7 heteroatoms. The summed E-state index contributed by atoms with van der Waals surface area (Å²) < 4.78 is 35.8. The van der Waals surface area contributed by atoms with Gasteiger partial charge in [-0.25, -0.2) is 0 Å². The van der Waals surface area contributed by atoms with Crippen molar-refractivity contribution >= 4 is 21.9 Å². The van der Waals surface area contributed by atoms with E-state index >= 15 is 0 Å². The Morgan fingerprint density at radius 3 is 1.97 bits per heavy atom. The summed E-state index contributed by atoms with van der Waals surface area (Å²) in [4.78, 5) is 24.6. The summed E-state index contributed by atoms with van der Waals surface area (Å²) in [6, 6.07) is 13.7. The SMILES string of the molecule is CCC(C)(C)C(=O)Oc1ccc(S(=O)(=O)OC(C)(C)C(=O)c2ccccc2)cc1. The van der Waals surface area contributed by atoms with Gasteiger partial charge < -0.3 is 4.74 Å². The zero-order valence-corrected chi connectivity index (χ0v) is 18.1. The second-order valence-electron chi connectivity index (χ2n) is 7.84. The highest BCUT2D eigenvalue weighted by molar-refractivity contribution is 7.86. The molecule has 156 valence electrons. The van der Waals surface area contributed by atoms with E-state index in [9.17, 15) is 18.0 Å². The van der Waals surface area contributed by atoms with Crippen molar-refractivity contribution in [2.24, 2.45) is 5.41 Å². The minimum atomic E-state index is -4.21. The third-order valence-corrected chi connectivity index (χ3v) is 6.15. The number of ketones is 1. The van der Waals surface area contributed by atoms with Gasteiger partial charge in [0.25, 0.3) is 10.1 Å². The Morgan fingerprint density at radius 1 is 0.897 bits per heavy atom. The molecule has 0 bridgehead atoms. The zero-order valence-electron chi connectivity index (χ0n) is 17.3. The molecule has 0 N–H and O–H groups in total. The second-order valence-corrected chi connectivity index (χ2v) is 9.39. The van der Waals surface area contributed by atoms with Crippen molar-refractivity contribution in [2.75, 3.05) is 0 Å². The average molecular weight is 419 g/mol. The smallest absolute Gasteiger partial charge is 0.316 e. The molecule has 0 aliphatic carbocycles. The maximum atomic E-state index is 12.6. The molecule has 0 saturated heterocycles. The quantitative estimate of drug-likeness (QED) is 0.273. The molecule has 0 aliphatic heterocycles. The van der Waals surface area contributed by atoms with Crippen molar-refractivity contribution in [3.8, 4) is 5.75 Å². The molecule has 0 unspecified atom stereocenters. The van der Waals surface area contributed by atoms with E-state index in [1.54, 1.807) is 44.2 Å². The number of benzene rings is 2. The Bertz CT molecular complexity index is 974. The summed E-state index contributed by atoms with van der Waals surface area (Å²) in [5.74, 6) is -0.620. The standard InChI is InChI=1S/C22H26O6S/c1-6-21(2,3)20(24)27-17-12-14-18(15-13-17)29(25,26)28-22(4,5)19(23)16-10-8-7-9-11-16/h7-15H,6H2,1-5H3. The minimum absolute atomic E-state index is 0.138. The van der Waals surface area contributed by atoms with Gasteiger partial charge in [-0.3, -0.25) is 13.8 Å². The molecule has 2 aromatic carbocycles. The maximum Gasteiger partial charge on any atom is 0.316 e. The molecule has 0 amide bonds. The molecule has 0 aliphatic rings.